The second-order valence-electron chi connectivity index (χ2n) is 13.2. The standard InChI is InChI=1S/C38H48O11S/c1-40-25-13-28(43-4)34(29(14-25)44-5)50(35-30(45-6)15-26(41-2)16-31(35)46-7,36-32(47-8)17-27(42-3)18-33(36)48-9)49-37(39)38-19-22-10-23(20-38)12-24(11-22)21-38/h13-18,22-24H,10-12,19-21H2,1-9H3. The summed E-state index contributed by atoms with van der Waals surface area (Å²) in [4.78, 5) is 16.7. The molecule has 0 heterocycles. The molecule has 3 aromatic rings. The van der Waals surface area contributed by atoms with Gasteiger partial charge >= 0.3 is 5.97 Å². The maximum atomic E-state index is 15.5. The fourth-order valence-electron chi connectivity index (χ4n) is 8.76. The molecule has 4 bridgehead atoms. The SMILES string of the molecule is COc1cc(OC)c(S(OC(=O)C23CC4CC(CC(C4)C2)C3)(c2c(OC)cc(OC)cc2OC)c2c(OC)cc(OC)cc2OC)c(OC)c1. The van der Waals surface area contributed by atoms with Gasteiger partial charge in [0.1, 0.15) is 66.4 Å². The van der Waals surface area contributed by atoms with E-state index in [-0.39, 0.29) is 5.97 Å². The van der Waals surface area contributed by atoms with Gasteiger partial charge in [0.05, 0.1) is 69.4 Å². The molecule has 11 nitrogen and oxygen atoms in total. The van der Waals surface area contributed by atoms with Crippen LogP contribution in [0.25, 0.3) is 0 Å². The monoisotopic (exact) mass is 712 g/mol. The first-order chi connectivity index (χ1) is 24.2. The molecule has 4 aliphatic carbocycles. The number of ether oxygens (including phenoxy) is 9. The van der Waals surface area contributed by atoms with Gasteiger partial charge in [0.25, 0.3) is 0 Å². The molecule has 272 valence electrons. The molecule has 0 aliphatic heterocycles. The Kier molecular flexibility index (Phi) is 10.0. The molecule has 0 atom stereocenters. The molecule has 12 heteroatoms. The van der Waals surface area contributed by atoms with E-state index in [0.29, 0.717) is 84.2 Å². The van der Waals surface area contributed by atoms with Crippen LogP contribution in [0.15, 0.2) is 51.1 Å². The van der Waals surface area contributed by atoms with Crippen LogP contribution in [-0.4, -0.2) is 70.0 Å². The van der Waals surface area contributed by atoms with Crippen LogP contribution in [0.2, 0.25) is 0 Å². The van der Waals surface area contributed by atoms with Gasteiger partial charge in [-0.1, -0.05) is 0 Å². The first-order valence-electron chi connectivity index (χ1n) is 16.6. The maximum Gasteiger partial charge on any atom is 0.323 e. The van der Waals surface area contributed by atoms with Crippen LogP contribution in [-0.2, 0) is 8.98 Å². The van der Waals surface area contributed by atoms with Crippen molar-refractivity contribution >= 4 is 16.3 Å². The van der Waals surface area contributed by atoms with Crippen LogP contribution in [0.3, 0.4) is 0 Å². The first-order valence-corrected chi connectivity index (χ1v) is 18.2. The Bertz CT molecular complexity index is 1470. The first kappa shape index (κ1) is 35.5. The summed E-state index contributed by atoms with van der Waals surface area (Å²) >= 11 is 0. The lowest BCUT2D eigenvalue weighted by molar-refractivity contribution is -0.160. The van der Waals surface area contributed by atoms with E-state index in [2.05, 4.69) is 0 Å². The van der Waals surface area contributed by atoms with E-state index < -0.39 is 15.7 Å². The lowest BCUT2D eigenvalue weighted by Crippen LogP contribution is -2.50. The Labute approximate surface area is 295 Å². The molecular formula is C38H48O11S. The molecule has 0 aromatic heterocycles. The average Bonchev–Trinajstić information content (AvgIpc) is 3.14. The van der Waals surface area contributed by atoms with Gasteiger partial charge in [0.15, 0.2) is 0 Å². The highest BCUT2D eigenvalue weighted by atomic mass is 32.3. The Morgan fingerprint density at radius 3 is 0.960 bits per heavy atom. The van der Waals surface area contributed by atoms with E-state index in [0.717, 1.165) is 38.5 Å². The Morgan fingerprint density at radius 2 is 0.740 bits per heavy atom. The highest BCUT2D eigenvalue weighted by Gasteiger charge is 2.58. The van der Waals surface area contributed by atoms with E-state index in [9.17, 15) is 0 Å². The van der Waals surface area contributed by atoms with E-state index >= 15 is 4.79 Å². The third kappa shape index (κ3) is 5.75. The third-order valence-corrected chi connectivity index (χ3v) is 13.9. The smallest absolute Gasteiger partial charge is 0.323 e. The summed E-state index contributed by atoms with van der Waals surface area (Å²) in [6.45, 7) is 0. The molecular weight excluding hydrogens is 664 g/mol. The molecule has 0 spiro atoms. The fraction of sp³-hybridized carbons (Fsp3) is 0.500. The summed E-state index contributed by atoms with van der Waals surface area (Å²) in [7, 11) is 10.6. The minimum atomic E-state index is -3.42. The number of hydrogen-bond donors (Lipinski definition) is 0. The van der Waals surface area contributed by atoms with Gasteiger partial charge in [0, 0.05) is 46.7 Å². The molecule has 0 saturated heterocycles. The van der Waals surface area contributed by atoms with Gasteiger partial charge in [0.2, 0.25) is 0 Å². The van der Waals surface area contributed by atoms with Crippen molar-refractivity contribution in [2.24, 2.45) is 23.2 Å². The number of benzene rings is 3. The average molecular weight is 713 g/mol. The summed E-state index contributed by atoms with van der Waals surface area (Å²) in [5.41, 5.74) is -0.667. The topological polar surface area (TPSA) is 109 Å². The van der Waals surface area contributed by atoms with Crippen molar-refractivity contribution in [3.05, 3.63) is 36.4 Å². The van der Waals surface area contributed by atoms with Crippen LogP contribution in [0, 0.1) is 23.2 Å². The minimum Gasteiger partial charge on any atom is -0.496 e. The lowest BCUT2D eigenvalue weighted by atomic mass is 9.49. The van der Waals surface area contributed by atoms with E-state index in [4.69, 9.17) is 46.8 Å². The van der Waals surface area contributed by atoms with Crippen molar-refractivity contribution in [3.63, 3.8) is 0 Å². The largest absolute Gasteiger partial charge is 0.496 e. The van der Waals surface area contributed by atoms with Gasteiger partial charge in [-0.05, 0) is 56.3 Å². The fourth-order valence-corrected chi connectivity index (χ4v) is 12.6. The van der Waals surface area contributed by atoms with E-state index in [1.165, 1.54) is 0 Å². The Hall–Kier alpha value is -4.32. The molecule has 4 aliphatic rings. The van der Waals surface area contributed by atoms with Gasteiger partial charge in [-0.3, -0.25) is 4.79 Å². The third-order valence-electron chi connectivity index (χ3n) is 10.5. The lowest BCUT2D eigenvalue weighted by Gasteiger charge is -2.56. The summed E-state index contributed by atoms with van der Waals surface area (Å²) in [6, 6.07) is 10.4. The molecule has 0 amide bonds. The Morgan fingerprint density at radius 1 is 0.480 bits per heavy atom. The quantitative estimate of drug-likeness (QED) is 0.164. The van der Waals surface area contributed by atoms with E-state index in [1.54, 1.807) is 100 Å². The molecule has 4 fully saturated rings. The molecule has 0 unspecified atom stereocenters. The van der Waals surface area contributed by atoms with Crippen molar-refractivity contribution in [2.75, 3.05) is 64.0 Å². The second kappa shape index (κ2) is 14.1. The number of carbonyl (C=O) groups excluding carboxylic acids is 1. The van der Waals surface area contributed by atoms with Gasteiger partial charge < -0.3 is 46.8 Å². The molecule has 50 heavy (non-hydrogen) atoms. The number of methoxy groups -OCH3 is 9. The number of carbonyl (C=O) groups is 1. The highest BCUT2D eigenvalue weighted by molar-refractivity contribution is 8.30. The predicted molar refractivity (Wildman–Crippen MR) is 187 cm³/mol. The van der Waals surface area contributed by atoms with Crippen LogP contribution in [0.1, 0.15) is 38.5 Å². The van der Waals surface area contributed by atoms with Crippen LogP contribution in [0.5, 0.6) is 51.7 Å². The maximum absolute atomic E-state index is 15.5. The van der Waals surface area contributed by atoms with Crippen LogP contribution in [0.4, 0.5) is 0 Å². The second-order valence-corrected chi connectivity index (χ2v) is 15.7. The highest BCUT2D eigenvalue weighted by Crippen LogP contribution is 2.81. The predicted octanol–water partition coefficient (Wildman–Crippen LogP) is 7.72. The van der Waals surface area contributed by atoms with Crippen molar-refractivity contribution in [1.82, 2.24) is 0 Å². The normalized spacial score (nSPS) is 22.3. The molecule has 0 N–H and O–H groups in total. The summed E-state index contributed by atoms with van der Waals surface area (Å²) < 4.78 is 61.3. The number of rotatable bonds is 14. The summed E-state index contributed by atoms with van der Waals surface area (Å²) in [6.07, 6.45) is 5.80. The molecule has 7 rings (SSSR count). The zero-order chi connectivity index (χ0) is 35.8. The van der Waals surface area contributed by atoms with Crippen molar-refractivity contribution in [3.8, 4) is 51.7 Å². The zero-order valence-corrected chi connectivity index (χ0v) is 31.2. The van der Waals surface area contributed by atoms with Gasteiger partial charge in [-0.2, -0.15) is 0 Å². The van der Waals surface area contributed by atoms with Crippen LogP contribution >= 0.6 is 10.3 Å². The molecule has 0 radical (unpaired) electrons. The van der Waals surface area contributed by atoms with Crippen molar-refractivity contribution in [1.29, 1.82) is 0 Å². The van der Waals surface area contributed by atoms with Crippen molar-refractivity contribution < 1.29 is 51.6 Å². The van der Waals surface area contributed by atoms with E-state index in [1.807, 2.05) is 0 Å². The summed E-state index contributed by atoms with van der Waals surface area (Å²) in [5, 5.41) is 0. The molecule has 4 saturated carbocycles. The number of hydrogen-bond acceptors (Lipinski definition) is 11. The molecule has 3 aromatic carbocycles. The van der Waals surface area contributed by atoms with Crippen molar-refractivity contribution in [2.45, 2.75) is 53.2 Å². The Balaban J connectivity index is 1.81. The van der Waals surface area contributed by atoms with Gasteiger partial charge in [-0.25, -0.2) is 0 Å². The zero-order valence-electron chi connectivity index (χ0n) is 30.3. The van der Waals surface area contributed by atoms with Crippen LogP contribution < -0.4 is 42.6 Å². The van der Waals surface area contributed by atoms with Gasteiger partial charge in [-0.15, -0.1) is 0 Å². The minimum absolute atomic E-state index is 0.300. The summed E-state index contributed by atoms with van der Waals surface area (Å²) in [5.74, 6) is 4.64.